The Morgan fingerprint density at radius 3 is 2.28 bits per heavy atom. The fourth-order valence-corrected chi connectivity index (χ4v) is 5.09. The molecule has 0 radical (unpaired) electrons. The highest BCUT2D eigenvalue weighted by molar-refractivity contribution is 5.96. The van der Waals surface area contributed by atoms with Crippen LogP contribution in [0.3, 0.4) is 0 Å². The number of amides is 2. The fourth-order valence-electron chi connectivity index (χ4n) is 5.09. The van der Waals surface area contributed by atoms with Crippen LogP contribution in [-0.2, 0) is 0 Å². The second-order valence-electron chi connectivity index (χ2n) is 10.4. The summed E-state index contributed by atoms with van der Waals surface area (Å²) in [7, 11) is 5.08. The minimum Gasteiger partial charge on any atom is -0.497 e. The third-order valence-electron chi connectivity index (χ3n) is 7.36. The predicted octanol–water partition coefficient (Wildman–Crippen LogP) is 5.62. The van der Waals surface area contributed by atoms with Crippen LogP contribution in [0.15, 0.2) is 36.4 Å². The zero-order valence-electron chi connectivity index (χ0n) is 22.0. The number of nitrogens with zero attached hydrogens (tertiary/aromatic N) is 4. The van der Waals surface area contributed by atoms with Gasteiger partial charge in [-0.25, -0.2) is 4.79 Å². The molecule has 0 spiro atoms. The third kappa shape index (κ3) is 5.29. The summed E-state index contributed by atoms with van der Waals surface area (Å²) >= 11 is 0. The van der Waals surface area contributed by atoms with Crippen molar-refractivity contribution in [2.24, 2.45) is 11.3 Å². The zero-order chi connectivity index (χ0) is 25.9. The van der Waals surface area contributed by atoms with Crippen LogP contribution >= 0.6 is 0 Å². The Morgan fingerprint density at radius 1 is 1.03 bits per heavy atom. The van der Waals surface area contributed by atoms with Crippen molar-refractivity contribution in [1.82, 2.24) is 25.5 Å². The standard InChI is InChI=1S/C27H36N6O3/c1-27(2,3)18-9-11-19(12-10-18)33(4)26(34)28-22-16-15-21(17-7-13-20(35-5)14-8-17)23(24(22)36-6)25-29-31-32-30-25/h7-8,13-16,18-19H,9-12H2,1-6H3,(H,28,34)(H,29,30,31,32)/t18-,19-. The van der Waals surface area contributed by atoms with Crippen molar-refractivity contribution < 1.29 is 14.3 Å². The first-order valence-corrected chi connectivity index (χ1v) is 12.4. The second kappa shape index (κ2) is 10.6. The van der Waals surface area contributed by atoms with E-state index in [2.05, 4.69) is 46.7 Å². The number of benzene rings is 2. The number of anilines is 1. The van der Waals surface area contributed by atoms with Crippen LogP contribution < -0.4 is 14.8 Å². The maximum absolute atomic E-state index is 13.3. The largest absolute Gasteiger partial charge is 0.497 e. The molecule has 3 aromatic rings. The maximum atomic E-state index is 13.3. The number of carbonyl (C=O) groups excluding carboxylic acids is 1. The molecular formula is C27H36N6O3. The Hall–Kier alpha value is -3.62. The van der Waals surface area contributed by atoms with E-state index in [1.165, 1.54) is 0 Å². The maximum Gasteiger partial charge on any atom is 0.321 e. The van der Waals surface area contributed by atoms with Gasteiger partial charge in [-0.1, -0.05) is 39.0 Å². The van der Waals surface area contributed by atoms with E-state index in [1.807, 2.05) is 48.3 Å². The molecule has 1 aliphatic carbocycles. The molecule has 1 saturated carbocycles. The van der Waals surface area contributed by atoms with Crippen molar-refractivity contribution >= 4 is 11.7 Å². The number of H-pyrrole nitrogens is 1. The van der Waals surface area contributed by atoms with E-state index in [0.717, 1.165) is 42.6 Å². The van der Waals surface area contributed by atoms with E-state index in [4.69, 9.17) is 9.47 Å². The normalized spacial score (nSPS) is 17.9. The first-order valence-electron chi connectivity index (χ1n) is 12.4. The van der Waals surface area contributed by atoms with Crippen molar-refractivity contribution in [1.29, 1.82) is 0 Å². The Bertz CT molecular complexity index is 1160. The van der Waals surface area contributed by atoms with Crippen molar-refractivity contribution in [3.63, 3.8) is 0 Å². The summed E-state index contributed by atoms with van der Waals surface area (Å²) in [6, 6.07) is 11.5. The molecule has 9 heteroatoms. The molecule has 0 unspecified atom stereocenters. The SMILES string of the molecule is COc1ccc(-c2ccc(NC(=O)N(C)[C@H]3CC[C@H](C(C)(C)C)CC3)c(OC)c2-c2nn[nH]n2)cc1. The highest BCUT2D eigenvalue weighted by Crippen LogP contribution is 2.43. The lowest BCUT2D eigenvalue weighted by molar-refractivity contribution is 0.124. The fraction of sp³-hybridized carbons (Fsp3) is 0.481. The molecule has 0 saturated heterocycles. The summed E-state index contributed by atoms with van der Waals surface area (Å²) in [5.41, 5.74) is 3.27. The number of tetrazole rings is 1. The van der Waals surface area contributed by atoms with E-state index in [9.17, 15) is 4.79 Å². The molecule has 1 heterocycles. The molecule has 1 aromatic heterocycles. The molecule has 36 heavy (non-hydrogen) atoms. The number of methoxy groups -OCH3 is 2. The lowest BCUT2D eigenvalue weighted by Crippen LogP contribution is -2.43. The van der Waals surface area contributed by atoms with Gasteiger partial charge in [0.2, 0.25) is 5.82 Å². The predicted molar refractivity (Wildman–Crippen MR) is 140 cm³/mol. The van der Waals surface area contributed by atoms with Gasteiger partial charge in [-0.05, 0) is 71.6 Å². The van der Waals surface area contributed by atoms with Gasteiger partial charge in [-0.3, -0.25) is 0 Å². The first kappa shape index (κ1) is 25.5. The lowest BCUT2D eigenvalue weighted by Gasteiger charge is -2.39. The molecule has 0 atom stereocenters. The minimum absolute atomic E-state index is 0.163. The monoisotopic (exact) mass is 492 g/mol. The Labute approximate surface area is 212 Å². The highest BCUT2D eigenvalue weighted by atomic mass is 16.5. The van der Waals surface area contributed by atoms with E-state index in [1.54, 1.807) is 14.2 Å². The average Bonchev–Trinajstić information content (AvgIpc) is 3.42. The number of hydrogen-bond acceptors (Lipinski definition) is 6. The number of rotatable bonds is 6. The van der Waals surface area contributed by atoms with E-state index < -0.39 is 0 Å². The summed E-state index contributed by atoms with van der Waals surface area (Å²) in [5, 5.41) is 17.7. The average molecular weight is 493 g/mol. The van der Waals surface area contributed by atoms with E-state index in [0.29, 0.717) is 34.2 Å². The van der Waals surface area contributed by atoms with Crippen LogP contribution in [0, 0.1) is 11.3 Å². The molecule has 1 fully saturated rings. The summed E-state index contributed by atoms with van der Waals surface area (Å²) in [5.74, 6) is 2.30. The molecule has 9 nitrogen and oxygen atoms in total. The molecule has 4 rings (SSSR count). The lowest BCUT2D eigenvalue weighted by atomic mass is 9.71. The topological polar surface area (TPSA) is 105 Å². The Morgan fingerprint density at radius 2 is 1.72 bits per heavy atom. The number of hydrogen-bond donors (Lipinski definition) is 2. The molecule has 2 N–H and O–H groups in total. The zero-order valence-corrected chi connectivity index (χ0v) is 22.0. The molecular weight excluding hydrogens is 456 g/mol. The minimum atomic E-state index is -0.163. The summed E-state index contributed by atoms with van der Waals surface area (Å²) < 4.78 is 11.1. The Kier molecular flexibility index (Phi) is 7.47. The number of nitrogens with one attached hydrogen (secondary N) is 2. The molecule has 2 aromatic carbocycles. The highest BCUT2D eigenvalue weighted by Gasteiger charge is 2.32. The van der Waals surface area contributed by atoms with Crippen molar-refractivity contribution in [2.75, 3.05) is 26.6 Å². The molecule has 192 valence electrons. The van der Waals surface area contributed by atoms with Crippen LogP contribution in [0.25, 0.3) is 22.5 Å². The van der Waals surface area contributed by atoms with Gasteiger partial charge >= 0.3 is 6.03 Å². The second-order valence-corrected chi connectivity index (χ2v) is 10.4. The van der Waals surface area contributed by atoms with Crippen LogP contribution in [0.2, 0.25) is 0 Å². The van der Waals surface area contributed by atoms with Gasteiger partial charge in [0.25, 0.3) is 0 Å². The van der Waals surface area contributed by atoms with Gasteiger partial charge in [0.05, 0.1) is 25.5 Å². The van der Waals surface area contributed by atoms with E-state index >= 15 is 0 Å². The molecule has 0 aliphatic heterocycles. The molecule has 2 amide bonds. The number of aromatic amines is 1. The number of carbonyl (C=O) groups is 1. The van der Waals surface area contributed by atoms with Crippen molar-refractivity contribution in [3.05, 3.63) is 36.4 Å². The van der Waals surface area contributed by atoms with Crippen LogP contribution in [0.1, 0.15) is 46.5 Å². The van der Waals surface area contributed by atoms with Crippen molar-refractivity contribution in [3.8, 4) is 34.0 Å². The summed E-state index contributed by atoms with van der Waals surface area (Å²) in [6.45, 7) is 6.91. The van der Waals surface area contributed by atoms with Crippen LogP contribution in [0.4, 0.5) is 10.5 Å². The van der Waals surface area contributed by atoms with Gasteiger partial charge in [0, 0.05) is 13.1 Å². The van der Waals surface area contributed by atoms with Gasteiger partial charge in [-0.2, -0.15) is 5.21 Å². The molecule has 0 bridgehead atoms. The number of aromatic nitrogens is 4. The van der Waals surface area contributed by atoms with Gasteiger partial charge in [0.15, 0.2) is 5.75 Å². The number of urea groups is 1. The van der Waals surface area contributed by atoms with Gasteiger partial charge < -0.3 is 19.7 Å². The van der Waals surface area contributed by atoms with E-state index in [-0.39, 0.29) is 12.1 Å². The van der Waals surface area contributed by atoms with Crippen LogP contribution in [0.5, 0.6) is 11.5 Å². The smallest absolute Gasteiger partial charge is 0.321 e. The summed E-state index contributed by atoms with van der Waals surface area (Å²) in [6.07, 6.45) is 4.28. The first-order chi connectivity index (χ1) is 17.2. The summed E-state index contributed by atoms with van der Waals surface area (Å²) in [4.78, 5) is 15.1. The Balaban J connectivity index is 1.60. The van der Waals surface area contributed by atoms with Gasteiger partial charge in [-0.15, -0.1) is 10.2 Å². The number of ether oxygens (including phenoxy) is 2. The van der Waals surface area contributed by atoms with Crippen LogP contribution in [-0.4, -0.2) is 58.9 Å². The van der Waals surface area contributed by atoms with Gasteiger partial charge in [0.1, 0.15) is 5.75 Å². The molecule has 1 aliphatic rings. The van der Waals surface area contributed by atoms with Crippen molar-refractivity contribution in [2.45, 2.75) is 52.5 Å². The quantitative estimate of drug-likeness (QED) is 0.463. The third-order valence-corrected chi connectivity index (χ3v) is 7.36.